The Morgan fingerprint density at radius 2 is 2.31 bits per heavy atom. The zero-order chi connectivity index (χ0) is 12.0. The Labute approximate surface area is 106 Å². The molecule has 2 nitrogen and oxygen atoms in total. The molecule has 0 saturated heterocycles. The Bertz CT molecular complexity index is 350. The number of hydrogen-bond donors (Lipinski definition) is 2. The van der Waals surface area contributed by atoms with Gasteiger partial charge in [0.2, 0.25) is 0 Å². The van der Waals surface area contributed by atoms with Crippen molar-refractivity contribution in [1.29, 1.82) is 0 Å². The lowest BCUT2D eigenvalue weighted by Crippen LogP contribution is -2.28. The van der Waals surface area contributed by atoms with Crippen LogP contribution in [-0.4, -0.2) is 0 Å². The van der Waals surface area contributed by atoms with Crippen LogP contribution in [0.3, 0.4) is 0 Å². The summed E-state index contributed by atoms with van der Waals surface area (Å²) in [7, 11) is 0. The molecule has 0 saturated carbocycles. The predicted octanol–water partition coefficient (Wildman–Crippen LogP) is 3.62. The molecule has 16 heavy (non-hydrogen) atoms. The maximum atomic E-state index is 5.59. The van der Waals surface area contributed by atoms with Gasteiger partial charge in [-0.3, -0.25) is 11.3 Å². The molecule has 1 atom stereocenters. The van der Waals surface area contributed by atoms with E-state index in [2.05, 4.69) is 53.1 Å². The first-order chi connectivity index (χ1) is 7.69. The molecule has 1 unspecified atom stereocenters. The van der Waals surface area contributed by atoms with Gasteiger partial charge in [-0.15, -0.1) is 6.58 Å². The molecule has 1 aromatic carbocycles. The Kier molecular flexibility index (Phi) is 5.74. The van der Waals surface area contributed by atoms with Gasteiger partial charge < -0.3 is 0 Å². The zero-order valence-corrected chi connectivity index (χ0v) is 11.3. The van der Waals surface area contributed by atoms with Crippen LogP contribution < -0.4 is 11.3 Å². The molecular weight excluding hydrogens is 264 g/mol. The van der Waals surface area contributed by atoms with Crippen LogP contribution in [-0.2, 0) is 0 Å². The minimum absolute atomic E-state index is 0.228. The van der Waals surface area contributed by atoms with Crippen molar-refractivity contribution in [3.63, 3.8) is 0 Å². The summed E-state index contributed by atoms with van der Waals surface area (Å²) < 4.78 is 1.14. The molecule has 0 bridgehead atoms. The van der Waals surface area contributed by atoms with Gasteiger partial charge >= 0.3 is 0 Å². The Morgan fingerprint density at radius 1 is 1.56 bits per heavy atom. The molecule has 0 aliphatic heterocycles. The number of hydrazine groups is 1. The van der Waals surface area contributed by atoms with E-state index in [1.54, 1.807) is 0 Å². The molecule has 3 N–H and O–H groups in total. The molecule has 0 radical (unpaired) electrons. The van der Waals surface area contributed by atoms with Gasteiger partial charge in [-0.1, -0.05) is 34.1 Å². The normalized spacial score (nSPS) is 12.4. The minimum atomic E-state index is 0.228. The average molecular weight is 283 g/mol. The maximum Gasteiger partial charge on any atom is 0.0460 e. The zero-order valence-electron chi connectivity index (χ0n) is 9.67. The predicted molar refractivity (Wildman–Crippen MR) is 73.0 cm³/mol. The molecule has 0 fully saturated rings. The number of benzene rings is 1. The van der Waals surface area contributed by atoms with Crippen LogP contribution >= 0.6 is 15.9 Å². The van der Waals surface area contributed by atoms with Crippen molar-refractivity contribution >= 4 is 15.9 Å². The molecule has 1 rings (SSSR count). The number of nitrogens with one attached hydrogen (secondary N) is 1. The van der Waals surface area contributed by atoms with E-state index in [-0.39, 0.29) is 6.04 Å². The van der Waals surface area contributed by atoms with Gasteiger partial charge in [0.15, 0.2) is 0 Å². The van der Waals surface area contributed by atoms with Crippen LogP contribution in [0.25, 0.3) is 0 Å². The van der Waals surface area contributed by atoms with Crippen LogP contribution in [0.2, 0.25) is 0 Å². The fourth-order valence-corrected chi connectivity index (χ4v) is 1.94. The van der Waals surface area contributed by atoms with Gasteiger partial charge in [0.1, 0.15) is 0 Å². The first-order valence-electron chi connectivity index (χ1n) is 5.52. The summed E-state index contributed by atoms with van der Waals surface area (Å²) in [6.07, 6.45) is 5.12. The second kappa shape index (κ2) is 6.84. The third-order valence-electron chi connectivity index (χ3n) is 2.69. The van der Waals surface area contributed by atoms with Gasteiger partial charge in [-0.25, -0.2) is 0 Å². The summed E-state index contributed by atoms with van der Waals surface area (Å²) in [5, 5.41) is 0. The number of rotatable bonds is 6. The molecule has 0 aliphatic rings. The van der Waals surface area contributed by atoms with Crippen molar-refractivity contribution < 1.29 is 0 Å². The lowest BCUT2D eigenvalue weighted by Gasteiger charge is -2.16. The first-order valence-corrected chi connectivity index (χ1v) is 6.31. The van der Waals surface area contributed by atoms with E-state index in [9.17, 15) is 0 Å². The molecule has 0 aromatic heterocycles. The quantitative estimate of drug-likeness (QED) is 0.362. The van der Waals surface area contributed by atoms with Crippen molar-refractivity contribution in [1.82, 2.24) is 5.43 Å². The lowest BCUT2D eigenvalue weighted by atomic mass is 10.00. The van der Waals surface area contributed by atoms with Crippen LogP contribution in [0.5, 0.6) is 0 Å². The molecule has 3 heteroatoms. The van der Waals surface area contributed by atoms with Gasteiger partial charge in [0.05, 0.1) is 0 Å². The van der Waals surface area contributed by atoms with Crippen LogP contribution in [0, 0.1) is 6.92 Å². The second-order valence-corrected chi connectivity index (χ2v) is 4.80. The van der Waals surface area contributed by atoms with Crippen molar-refractivity contribution in [3.05, 3.63) is 46.5 Å². The molecule has 0 spiro atoms. The summed E-state index contributed by atoms with van der Waals surface area (Å²) >= 11 is 3.50. The molecule has 88 valence electrons. The topological polar surface area (TPSA) is 38.0 Å². The molecule has 0 aliphatic carbocycles. The van der Waals surface area contributed by atoms with Crippen molar-refractivity contribution in [2.45, 2.75) is 32.2 Å². The summed E-state index contributed by atoms with van der Waals surface area (Å²) in [4.78, 5) is 0. The third-order valence-corrected chi connectivity index (χ3v) is 3.58. The van der Waals surface area contributed by atoms with Gasteiger partial charge in [-0.05, 0) is 43.4 Å². The Hall–Kier alpha value is -0.640. The monoisotopic (exact) mass is 282 g/mol. The Balaban J connectivity index is 2.70. The van der Waals surface area contributed by atoms with E-state index in [4.69, 9.17) is 5.84 Å². The standard InChI is InChI=1S/C13H19BrN2/c1-3-4-5-6-13(16-15)11-7-8-12(14)10(2)9-11/h3,7-9,13,16H,1,4-6,15H2,2H3. The number of aryl methyl sites for hydroxylation is 1. The highest BCUT2D eigenvalue weighted by molar-refractivity contribution is 9.10. The van der Waals surface area contributed by atoms with Gasteiger partial charge in [-0.2, -0.15) is 0 Å². The van der Waals surface area contributed by atoms with E-state index in [1.165, 1.54) is 11.1 Å². The van der Waals surface area contributed by atoms with E-state index in [1.807, 2.05) is 6.08 Å². The smallest absolute Gasteiger partial charge is 0.0460 e. The van der Waals surface area contributed by atoms with Crippen molar-refractivity contribution in [3.8, 4) is 0 Å². The summed E-state index contributed by atoms with van der Waals surface area (Å²) in [5.41, 5.74) is 5.35. The fraction of sp³-hybridized carbons (Fsp3) is 0.385. The summed E-state index contributed by atoms with van der Waals surface area (Å²) in [6, 6.07) is 6.58. The molecule has 0 amide bonds. The third kappa shape index (κ3) is 3.74. The second-order valence-electron chi connectivity index (χ2n) is 3.95. The highest BCUT2D eigenvalue weighted by atomic mass is 79.9. The summed E-state index contributed by atoms with van der Waals surface area (Å²) in [5.74, 6) is 5.59. The molecule has 1 aromatic rings. The van der Waals surface area contributed by atoms with Crippen LogP contribution in [0.1, 0.15) is 36.4 Å². The van der Waals surface area contributed by atoms with E-state index in [0.717, 1.165) is 23.7 Å². The maximum absolute atomic E-state index is 5.59. The van der Waals surface area contributed by atoms with Gasteiger partial charge in [0.25, 0.3) is 0 Å². The number of nitrogens with two attached hydrogens (primary N) is 1. The number of halogens is 1. The number of unbranched alkanes of at least 4 members (excludes halogenated alkanes) is 1. The lowest BCUT2D eigenvalue weighted by molar-refractivity contribution is 0.500. The largest absolute Gasteiger partial charge is 0.271 e. The van der Waals surface area contributed by atoms with Crippen molar-refractivity contribution in [2.75, 3.05) is 0 Å². The number of allylic oxidation sites excluding steroid dienone is 1. The van der Waals surface area contributed by atoms with E-state index >= 15 is 0 Å². The fourth-order valence-electron chi connectivity index (χ4n) is 1.70. The highest BCUT2D eigenvalue weighted by Crippen LogP contribution is 2.23. The Morgan fingerprint density at radius 3 is 2.88 bits per heavy atom. The minimum Gasteiger partial charge on any atom is -0.271 e. The average Bonchev–Trinajstić information content (AvgIpc) is 2.29. The number of hydrogen-bond acceptors (Lipinski definition) is 2. The van der Waals surface area contributed by atoms with Crippen molar-refractivity contribution in [2.24, 2.45) is 5.84 Å². The van der Waals surface area contributed by atoms with Crippen LogP contribution in [0.4, 0.5) is 0 Å². The first kappa shape index (κ1) is 13.4. The van der Waals surface area contributed by atoms with Gasteiger partial charge in [0, 0.05) is 10.5 Å². The van der Waals surface area contributed by atoms with Crippen LogP contribution in [0.15, 0.2) is 35.3 Å². The van der Waals surface area contributed by atoms with E-state index in [0.29, 0.717) is 0 Å². The molecule has 0 heterocycles. The van der Waals surface area contributed by atoms with E-state index < -0.39 is 0 Å². The summed E-state index contributed by atoms with van der Waals surface area (Å²) in [6.45, 7) is 5.81. The molecular formula is C13H19BrN2. The SMILES string of the molecule is C=CCCCC(NN)c1ccc(Br)c(C)c1. The highest BCUT2D eigenvalue weighted by Gasteiger charge is 2.09.